The molecule has 0 aliphatic heterocycles. The van der Waals surface area contributed by atoms with Crippen LogP contribution in [-0.4, -0.2) is 16.1 Å². The number of para-hydroxylation sites is 1. The van der Waals surface area contributed by atoms with E-state index in [-0.39, 0.29) is 6.42 Å². The van der Waals surface area contributed by atoms with Gasteiger partial charge in [0.05, 0.1) is 6.42 Å². The molecule has 0 fully saturated rings. The van der Waals surface area contributed by atoms with Crippen LogP contribution in [0.3, 0.4) is 0 Å². The third-order valence-electron chi connectivity index (χ3n) is 3.13. The van der Waals surface area contributed by atoms with Crippen LogP contribution < -0.4 is 0 Å². The standard InChI is InChI=1S/C16H13NO2/c18-16(19)7-3-4-11-8-9-15-13(10-11)12-5-1-2-6-14(12)17-15/h1-6,8-10,17H,7H2,(H,18,19). The summed E-state index contributed by atoms with van der Waals surface area (Å²) in [4.78, 5) is 13.8. The normalized spacial score (nSPS) is 11.6. The lowest BCUT2D eigenvalue weighted by molar-refractivity contribution is -0.135. The molecule has 3 nitrogen and oxygen atoms in total. The van der Waals surface area contributed by atoms with Gasteiger partial charge >= 0.3 is 5.97 Å². The highest BCUT2D eigenvalue weighted by Gasteiger charge is 2.03. The summed E-state index contributed by atoms with van der Waals surface area (Å²) in [5.41, 5.74) is 3.22. The monoisotopic (exact) mass is 251 g/mol. The predicted octanol–water partition coefficient (Wildman–Crippen LogP) is 3.81. The maximum atomic E-state index is 10.5. The largest absolute Gasteiger partial charge is 0.481 e. The molecule has 0 aliphatic carbocycles. The Balaban J connectivity index is 2.06. The van der Waals surface area contributed by atoms with Crippen molar-refractivity contribution in [1.29, 1.82) is 0 Å². The number of aromatic amines is 1. The van der Waals surface area contributed by atoms with Crippen LogP contribution in [0.1, 0.15) is 12.0 Å². The molecule has 1 heterocycles. The number of rotatable bonds is 3. The molecule has 94 valence electrons. The van der Waals surface area contributed by atoms with Gasteiger partial charge in [-0.3, -0.25) is 4.79 Å². The van der Waals surface area contributed by atoms with E-state index in [1.807, 2.05) is 30.3 Å². The number of aromatic nitrogens is 1. The van der Waals surface area contributed by atoms with Crippen molar-refractivity contribution in [3.63, 3.8) is 0 Å². The van der Waals surface area contributed by atoms with Crippen molar-refractivity contribution in [1.82, 2.24) is 4.98 Å². The predicted molar refractivity (Wildman–Crippen MR) is 77.1 cm³/mol. The van der Waals surface area contributed by atoms with Crippen LogP contribution in [0.4, 0.5) is 0 Å². The molecular formula is C16H13NO2. The van der Waals surface area contributed by atoms with Gasteiger partial charge in [-0.25, -0.2) is 0 Å². The zero-order chi connectivity index (χ0) is 13.2. The first-order valence-electron chi connectivity index (χ1n) is 6.13. The van der Waals surface area contributed by atoms with E-state index in [9.17, 15) is 4.79 Å². The molecule has 0 bridgehead atoms. The molecule has 0 radical (unpaired) electrons. The minimum absolute atomic E-state index is 0.0475. The van der Waals surface area contributed by atoms with Crippen molar-refractivity contribution >= 4 is 33.9 Å². The van der Waals surface area contributed by atoms with E-state index < -0.39 is 5.97 Å². The van der Waals surface area contributed by atoms with Gasteiger partial charge in [0.15, 0.2) is 0 Å². The van der Waals surface area contributed by atoms with Crippen LogP contribution in [0.5, 0.6) is 0 Å². The van der Waals surface area contributed by atoms with Gasteiger partial charge in [0.25, 0.3) is 0 Å². The number of H-pyrrole nitrogens is 1. The number of carbonyl (C=O) groups is 1. The van der Waals surface area contributed by atoms with E-state index in [2.05, 4.69) is 23.2 Å². The Morgan fingerprint density at radius 2 is 1.89 bits per heavy atom. The Labute approximate surface area is 110 Å². The van der Waals surface area contributed by atoms with Gasteiger partial charge in [-0.2, -0.15) is 0 Å². The second kappa shape index (κ2) is 4.61. The van der Waals surface area contributed by atoms with E-state index >= 15 is 0 Å². The lowest BCUT2D eigenvalue weighted by Gasteiger charge is -1.95. The summed E-state index contributed by atoms with van der Waals surface area (Å²) in [7, 11) is 0. The van der Waals surface area contributed by atoms with E-state index in [1.165, 1.54) is 5.39 Å². The zero-order valence-corrected chi connectivity index (χ0v) is 10.3. The summed E-state index contributed by atoms with van der Waals surface area (Å²) >= 11 is 0. The third-order valence-corrected chi connectivity index (χ3v) is 3.13. The number of carboxylic acids is 1. The molecule has 0 saturated carbocycles. The summed E-state index contributed by atoms with van der Waals surface area (Å²) in [6.07, 6.45) is 3.56. The highest BCUT2D eigenvalue weighted by molar-refractivity contribution is 6.07. The number of hydrogen-bond acceptors (Lipinski definition) is 1. The summed E-state index contributed by atoms with van der Waals surface area (Å²) in [5, 5.41) is 11.0. The average molecular weight is 251 g/mol. The molecule has 0 unspecified atom stereocenters. The Kier molecular flexibility index (Phi) is 2.80. The first-order valence-corrected chi connectivity index (χ1v) is 6.13. The number of aliphatic carboxylic acids is 1. The molecule has 2 N–H and O–H groups in total. The number of fused-ring (bicyclic) bond motifs is 3. The lowest BCUT2D eigenvalue weighted by Crippen LogP contribution is -1.89. The topological polar surface area (TPSA) is 53.1 Å². The fourth-order valence-corrected chi connectivity index (χ4v) is 2.27. The van der Waals surface area contributed by atoms with Gasteiger partial charge < -0.3 is 10.1 Å². The quantitative estimate of drug-likeness (QED) is 0.743. The van der Waals surface area contributed by atoms with Gasteiger partial charge in [-0.05, 0) is 23.8 Å². The fraction of sp³-hybridized carbons (Fsp3) is 0.0625. The summed E-state index contributed by atoms with van der Waals surface area (Å²) in [5.74, 6) is -0.815. The second-order valence-electron chi connectivity index (χ2n) is 4.48. The number of benzene rings is 2. The summed E-state index contributed by atoms with van der Waals surface area (Å²) < 4.78 is 0. The fourth-order valence-electron chi connectivity index (χ4n) is 2.27. The first kappa shape index (κ1) is 11.5. The van der Waals surface area contributed by atoms with Crippen molar-refractivity contribution < 1.29 is 9.90 Å². The maximum Gasteiger partial charge on any atom is 0.307 e. The summed E-state index contributed by atoms with van der Waals surface area (Å²) in [6.45, 7) is 0. The molecule has 3 aromatic rings. The van der Waals surface area contributed by atoms with E-state index in [1.54, 1.807) is 6.08 Å². The van der Waals surface area contributed by atoms with Crippen molar-refractivity contribution in [2.75, 3.05) is 0 Å². The Hall–Kier alpha value is -2.55. The average Bonchev–Trinajstić information content (AvgIpc) is 2.76. The smallest absolute Gasteiger partial charge is 0.307 e. The van der Waals surface area contributed by atoms with Gasteiger partial charge in [0.2, 0.25) is 0 Å². The van der Waals surface area contributed by atoms with Crippen molar-refractivity contribution in [3.8, 4) is 0 Å². The van der Waals surface area contributed by atoms with E-state index in [0.29, 0.717) is 0 Å². The van der Waals surface area contributed by atoms with Crippen molar-refractivity contribution in [2.45, 2.75) is 6.42 Å². The van der Waals surface area contributed by atoms with Gasteiger partial charge in [-0.1, -0.05) is 36.4 Å². The highest BCUT2D eigenvalue weighted by atomic mass is 16.4. The molecule has 1 aromatic heterocycles. The molecule has 0 atom stereocenters. The van der Waals surface area contributed by atoms with Crippen LogP contribution in [0.2, 0.25) is 0 Å². The zero-order valence-electron chi connectivity index (χ0n) is 10.3. The Bertz CT molecular complexity index is 784. The lowest BCUT2D eigenvalue weighted by atomic mass is 10.1. The molecule has 3 rings (SSSR count). The Morgan fingerprint density at radius 3 is 2.74 bits per heavy atom. The molecule has 0 aliphatic rings. The van der Waals surface area contributed by atoms with E-state index in [0.717, 1.165) is 22.0 Å². The SMILES string of the molecule is O=C(O)CC=Cc1ccc2[nH]c3ccccc3c2c1. The van der Waals surface area contributed by atoms with Gasteiger partial charge in [-0.15, -0.1) is 0 Å². The second-order valence-corrected chi connectivity index (χ2v) is 4.48. The van der Waals surface area contributed by atoms with Crippen LogP contribution in [0, 0.1) is 0 Å². The number of carboxylic acid groups (broad SMARTS) is 1. The highest BCUT2D eigenvalue weighted by Crippen LogP contribution is 2.26. The molecule has 0 amide bonds. The minimum atomic E-state index is -0.815. The number of nitrogens with one attached hydrogen (secondary N) is 1. The molecule has 0 saturated heterocycles. The van der Waals surface area contributed by atoms with Crippen LogP contribution >= 0.6 is 0 Å². The van der Waals surface area contributed by atoms with Gasteiger partial charge in [0, 0.05) is 21.8 Å². The summed E-state index contributed by atoms with van der Waals surface area (Å²) in [6, 6.07) is 14.2. The first-order chi connectivity index (χ1) is 9.24. The van der Waals surface area contributed by atoms with Crippen LogP contribution in [0.15, 0.2) is 48.5 Å². The van der Waals surface area contributed by atoms with Crippen LogP contribution in [0.25, 0.3) is 27.9 Å². The van der Waals surface area contributed by atoms with Crippen LogP contribution in [-0.2, 0) is 4.79 Å². The van der Waals surface area contributed by atoms with Gasteiger partial charge in [0.1, 0.15) is 0 Å². The molecule has 19 heavy (non-hydrogen) atoms. The Morgan fingerprint density at radius 1 is 1.11 bits per heavy atom. The minimum Gasteiger partial charge on any atom is -0.481 e. The third kappa shape index (κ3) is 2.22. The maximum absolute atomic E-state index is 10.5. The number of hydrogen-bond donors (Lipinski definition) is 2. The molecule has 0 spiro atoms. The van der Waals surface area contributed by atoms with E-state index in [4.69, 9.17) is 5.11 Å². The molecule has 3 heteroatoms. The molecular weight excluding hydrogens is 238 g/mol. The van der Waals surface area contributed by atoms with Crippen molar-refractivity contribution in [3.05, 3.63) is 54.1 Å². The van der Waals surface area contributed by atoms with Crippen molar-refractivity contribution in [2.24, 2.45) is 0 Å². The molecule has 2 aromatic carbocycles.